The highest BCUT2D eigenvalue weighted by atomic mass is 16.5. The standard InChI is InChI=1S/C17H15N3O3/c18-19-17(22)11-20-9-8-16(21)14-10-13(6-7-15(14)20)23-12-4-2-1-3-5-12/h1-10H,11,18H2,(H,19,22). The van der Waals surface area contributed by atoms with Crippen molar-refractivity contribution in [1.82, 2.24) is 9.99 Å². The van der Waals surface area contributed by atoms with E-state index in [4.69, 9.17) is 10.6 Å². The maximum Gasteiger partial charge on any atom is 0.253 e. The zero-order valence-electron chi connectivity index (χ0n) is 12.2. The fourth-order valence-corrected chi connectivity index (χ4v) is 2.32. The van der Waals surface area contributed by atoms with Gasteiger partial charge in [-0.2, -0.15) is 0 Å². The number of hydrazine groups is 1. The van der Waals surface area contributed by atoms with E-state index in [1.54, 1.807) is 29.0 Å². The zero-order chi connectivity index (χ0) is 16.2. The largest absolute Gasteiger partial charge is 0.457 e. The van der Waals surface area contributed by atoms with Crippen LogP contribution in [0.15, 0.2) is 65.6 Å². The van der Waals surface area contributed by atoms with Crippen LogP contribution in [0.5, 0.6) is 11.5 Å². The molecule has 0 saturated carbocycles. The second-order valence-electron chi connectivity index (χ2n) is 4.97. The second-order valence-corrected chi connectivity index (χ2v) is 4.97. The van der Waals surface area contributed by atoms with Crippen LogP contribution in [0, 0.1) is 0 Å². The number of aromatic nitrogens is 1. The van der Waals surface area contributed by atoms with E-state index in [2.05, 4.69) is 5.43 Å². The molecule has 1 aromatic heterocycles. The fraction of sp³-hybridized carbons (Fsp3) is 0.0588. The molecule has 0 aliphatic rings. The van der Waals surface area contributed by atoms with Gasteiger partial charge in [0.15, 0.2) is 5.43 Å². The summed E-state index contributed by atoms with van der Waals surface area (Å²) in [6, 6.07) is 15.9. The molecule has 1 heterocycles. The Morgan fingerprint density at radius 1 is 1.09 bits per heavy atom. The number of para-hydroxylation sites is 1. The number of pyridine rings is 1. The maximum atomic E-state index is 12.1. The van der Waals surface area contributed by atoms with Gasteiger partial charge in [-0.1, -0.05) is 18.2 Å². The third-order valence-electron chi connectivity index (χ3n) is 3.40. The molecule has 0 fully saturated rings. The summed E-state index contributed by atoms with van der Waals surface area (Å²) >= 11 is 0. The van der Waals surface area contributed by atoms with Crippen molar-refractivity contribution in [1.29, 1.82) is 0 Å². The van der Waals surface area contributed by atoms with Crippen LogP contribution >= 0.6 is 0 Å². The molecule has 0 saturated heterocycles. The molecular formula is C17H15N3O3. The number of carbonyl (C=O) groups is 1. The summed E-state index contributed by atoms with van der Waals surface area (Å²) in [7, 11) is 0. The molecule has 0 aliphatic heterocycles. The Bertz CT molecular complexity index is 904. The normalized spacial score (nSPS) is 10.5. The van der Waals surface area contributed by atoms with Crippen LogP contribution in [-0.2, 0) is 11.3 Å². The lowest BCUT2D eigenvalue weighted by Gasteiger charge is -2.11. The van der Waals surface area contributed by atoms with Crippen LogP contribution in [-0.4, -0.2) is 10.5 Å². The lowest BCUT2D eigenvalue weighted by Crippen LogP contribution is -2.33. The van der Waals surface area contributed by atoms with E-state index < -0.39 is 0 Å². The Kier molecular flexibility index (Phi) is 4.07. The number of nitrogens with two attached hydrogens (primary N) is 1. The molecule has 23 heavy (non-hydrogen) atoms. The summed E-state index contributed by atoms with van der Waals surface area (Å²) < 4.78 is 7.39. The van der Waals surface area contributed by atoms with Gasteiger partial charge in [0, 0.05) is 17.6 Å². The average molecular weight is 309 g/mol. The Morgan fingerprint density at radius 3 is 2.61 bits per heavy atom. The van der Waals surface area contributed by atoms with Crippen molar-refractivity contribution in [2.75, 3.05) is 0 Å². The number of hydrogen-bond acceptors (Lipinski definition) is 4. The summed E-state index contributed by atoms with van der Waals surface area (Å²) in [5.41, 5.74) is 2.58. The van der Waals surface area contributed by atoms with Crippen molar-refractivity contribution in [3.63, 3.8) is 0 Å². The first-order valence-corrected chi connectivity index (χ1v) is 7.03. The molecule has 0 spiro atoms. The van der Waals surface area contributed by atoms with Crippen LogP contribution in [0.1, 0.15) is 0 Å². The molecule has 0 aliphatic carbocycles. The third kappa shape index (κ3) is 3.22. The van der Waals surface area contributed by atoms with Crippen LogP contribution in [0.25, 0.3) is 10.9 Å². The van der Waals surface area contributed by atoms with Crippen molar-refractivity contribution in [2.45, 2.75) is 6.54 Å². The van der Waals surface area contributed by atoms with Crippen molar-refractivity contribution >= 4 is 16.8 Å². The number of benzene rings is 2. The quantitative estimate of drug-likeness (QED) is 0.437. The van der Waals surface area contributed by atoms with E-state index in [1.807, 2.05) is 30.3 Å². The molecule has 3 rings (SSSR count). The van der Waals surface area contributed by atoms with E-state index in [-0.39, 0.29) is 17.9 Å². The summed E-state index contributed by atoms with van der Waals surface area (Å²) in [6.45, 7) is 0.0339. The van der Waals surface area contributed by atoms with Gasteiger partial charge in [0.2, 0.25) is 0 Å². The molecule has 0 bridgehead atoms. The minimum atomic E-state index is -0.348. The first-order chi connectivity index (χ1) is 11.2. The van der Waals surface area contributed by atoms with Gasteiger partial charge in [-0.3, -0.25) is 15.0 Å². The predicted molar refractivity (Wildman–Crippen MR) is 87.1 cm³/mol. The molecular weight excluding hydrogens is 294 g/mol. The summed E-state index contributed by atoms with van der Waals surface area (Å²) in [5.74, 6) is 6.00. The topological polar surface area (TPSA) is 86.4 Å². The van der Waals surface area contributed by atoms with Crippen LogP contribution in [0.2, 0.25) is 0 Å². The van der Waals surface area contributed by atoms with Gasteiger partial charge in [-0.15, -0.1) is 0 Å². The lowest BCUT2D eigenvalue weighted by atomic mass is 10.2. The van der Waals surface area contributed by atoms with Gasteiger partial charge in [0.25, 0.3) is 5.91 Å². The number of amides is 1. The Balaban J connectivity index is 2.01. The first kappa shape index (κ1) is 14.8. The molecule has 1 amide bonds. The molecule has 2 aromatic carbocycles. The van der Waals surface area contributed by atoms with Gasteiger partial charge in [-0.25, -0.2) is 5.84 Å². The average Bonchev–Trinajstić information content (AvgIpc) is 2.58. The number of carbonyl (C=O) groups excluding carboxylic acids is 1. The molecule has 3 N–H and O–H groups in total. The highest BCUT2D eigenvalue weighted by molar-refractivity contribution is 5.83. The highest BCUT2D eigenvalue weighted by Gasteiger charge is 2.08. The van der Waals surface area contributed by atoms with E-state index in [1.165, 1.54) is 6.07 Å². The monoisotopic (exact) mass is 309 g/mol. The van der Waals surface area contributed by atoms with Crippen molar-refractivity contribution in [3.05, 3.63) is 71.0 Å². The number of rotatable bonds is 4. The number of fused-ring (bicyclic) bond motifs is 1. The molecule has 3 aromatic rings. The highest BCUT2D eigenvalue weighted by Crippen LogP contribution is 2.24. The van der Waals surface area contributed by atoms with E-state index >= 15 is 0 Å². The number of nitrogens with zero attached hydrogens (tertiary/aromatic N) is 1. The molecule has 0 unspecified atom stereocenters. The second kappa shape index (κ2) is 6.33. The smallest absolute Gasteiger partial charge is 0.253 e. The van der Waals surface area contributed by atoms with Crippen molar-refractivity contribution < 1.29 is 9.53 Å². The minimum Gasteiger partial charge on any atom is -0.457 e. The zero-order valence-corrected chi connectivity index (χ0v) is 12.2. The molecule has 0 atom stereocenters. The van der Waals surface area contributed by atoms with Crippen LogP contribution in [0.3, 0.4) is 0 Å². The van der Waals surface area contributed by atoms with Gasteiger partial charge < -0.3 is 9.30 Å². The van der Waals surface area contributed by atoms with Gasteiger partial charge in [-0.05, 0) is 30.3 Å². The molecule has 6 heteroatoms. The third-order valence-corrected chi connectivity index (χ3v) is 3.40. The molecule has 116 valence electrons. The Hall–Kier alpha value is -3.12. The lowest BCUT2D eigenvalue weighted by molar-refractivity contribution is -0.121. The summed E-state index contributed by atoms with van der Waals surface area (Å²) in [6.07, 6.45) is 1.57. The Morgan fingerprint density at radius 2 is 1.87 bits per heavy atom. The predicted octanol–water partition coefficient (Wildman–Crippen LogP) is 1.78. The van der Waals surface area contributed by atoms with Crippen LogP contribution < -0.4 is 21.4 Å². The van der Waals surface area contributed by atoms with E-state index in [9.17, 15) is 9.59 Å². The molecule has 6 nitrogen and oxygen atoms in total. The number of hydrogen-bond donors (Lipinski definition) is 2. The van der Waals surface area contributed by atoms with Gasteiger partial charge >= 0.3 is 0 Å². The number of ether oxygens (including phenoxy) is 1. The minimum absolute atomic E-state index is 0.0339. The van der Waals surface area contributed by atoms with Gasteiger partial charge in [0.1, 0.15) is 18.0 Å². The SMILES string of the molecule is NNC(=O)Cn1ccc(=O)c2cc(Oc3ccccc3)ccc21. The van der Waals surface area contributed by atoms with Crippen molar-refractivity contribution in [2.24, 2.45) is 5.84 Å². The van der Waals surface area contributed by atoms with E-state index in [0.29, 0.717) is 22.4 Å². The van der Waals surface area contributed by atoms with Crippen molar-refractivity contribution in [3.8, 4) is 11.5 Å². The fourth-order valence-electron chi connectivity index (χ4n) is 2.32. The maximum absolute atomic E-state index is 12.1. The Labute approximate surface area is 132 Å². The first-order valence-electron chi connectivity index (χ1n) is 7.03. The van der Waals surface area contributed by atoms with Crippen LogP contribution in [0.4, 0.5) is 0 Å². The van der Waals surface area contributed by atoms with E-state index in [0.717, 1.165) is 0 Å². The summed E-state index contributed by atoms with van der Waals surface area (Å²) in [4.78, 5) is 23.6. The summed E-state index contributed by atoms with van der Waals surface area (Å²) in [5, 5.41) is 0.478. The molecule has 0 radical (unpaired) electrons. The number of nitrogens with one attached hydrogen (secondary N) is 1. The van der Waals surface area contributed by atoms with Gasteiger partial charge in [0.05, 0.1) is 5.52 Å².